The van der Waals surface area contributed by atoms with Crippen molar-refractivity contribution >= 4 is 10.9 Å². The van der Waals surface area contributed by atoms with Gasteiger partial charge in [-0.25, -0.2) is 4.98 Å². The van der Waals surface area contributed by atoms with Gasteiger partial charge in [-0.3, -0.25) is 4.68 Å². The van der Waals surface area contributed by atoms with Gasteiger partial charge in [0.15, 0.2) is 5.75 Å². The molecule has 0 spiro atoms. The van der Waals surface area contributed by atoms with E-state index in [2.05, 4.69) is 29.1 Å². The highest BCUT2D eigenvalue weighted by Crippen LogP contribution is 2.14. The van der Waals surface area contributed by atoms with Gasteiger partial charge in [-0.15, -0.1) is 0 Å². The Balaban J connectivity index is 1.69. The van der Waals surface area contributed by atoms with E-state index in [1.54, 1.807) is 6.20 Å². The average Bonchev–Trinajstić information content (AvgIpc) is 2.93. The fraction of sp³-hybridized carbons (Fsp3) is 0.250. The number of rotatable bonds is 5. The van der Waals surface area contributed by atoms with Crippen LogP contribution in [0.4, 0.5) is 0 Å². The lowest BCUT2D eigenvalue weighted by Gasteiger charge is -2.04. The second-order valence-electron chi connectivity index (χ2n) is 4.72. The molecule has 0 aliphatic heterocycles. The Morgan fingerprint density at radius 3 is 2.95 bits per heavy atom. The monoisotopic (exact) mass is 267 g/mol. The zero-order chi connectivity index (χ0) is 13.8. The van der Waals surface area contributed by atoms with E-state index in [4.69, 9.17) is 4.74 Å². The summed E-state index contributed by atoms with van der Waals surface area (Å²) in [6.07, 6.45) is 4.73. The maximum atomic E-state index is 5.72. The molecule has 4 nitrogen and oxygen atoms in total. The average molecular weight is 267 g/mol. The first kappa shape index (κ1) is 12.7. The third kappa shape index (κ3) is 2.79. The molecule has 20 heavy (non-hydrogen) atoms. The number of pyridine rings is 1. The molecule has 3 aromatic rings. The largest absolute Gasteiger partial charge is 0.484 e. The van der Waals surface area contributed by atoms with Crippen LogP contribution in [0.5, 0.6) is 5.75 Å². The molecule has 0 aliphatic rings. The van der Waals surface area contributed by atoms with Crippen LogP contribution in [0.2, 0.25) is 0 Å². The number of hydrogen-bond acceptors (Lipinski definition) is 3. The van der Waals surface area contributed by atoms with Crippen LogP contribution in [0, 0.1) is 0 Å². The second-order valence-corrected chi connectivity index (χ2v) is 4.72. The van der Waals surface area contributed by atoms with Gasteiger partial charge in [0.25, 0.3) is 0 Å². The van der Waals surface area contributed by atoms with Crippen LogP contribution in [0.3, 0.4) is 0 Å². The molecule has 2 aromatic heterocycles. The molecule has 4 heteroatoms. The van der Waals surface area contributed by atoms with E-state index < -0.39 is 0 Å². The van der Waals surface area contributed by atoms with Gasteiger partial charge in [0.05, 0.1) is 23.6 Å². The van der Waals surface area contributed by atoms with E-state index in [0.717, 1.165) is 35.3 Å². The van der Waals surface area contributed by atoms with Crippen molar-refractivity contribution in [3.05, 3.63) is 54.5 Å². The van der Waals surface area contributed by atoms with E-state index in [-0.39, 0.29) is 0 Å². The molecule has 0 fully saturated rings. The molecule has 3 rings (SSSR count). The SMILES string of the molecule is CCCn1cc(OCc2ccc3ccccc3n2)cn1. The zero-order valence-corrected chi connectivity index (χ0v) is 11.5. The summed E-state index contributed by atoms with van der Waals surface area (Å²) in [6.45, 7) is 3.50. The minimum atomic E-state index is 0.461. The lowest BCUT2D eigenvalue weighted by atomic mass is 10.2. The summed E-state index contributed by atoms with van der Waals surface area (Å²) >= 11 is 0. The Kier molecular flexibility index (Phi) is 3.63. The van der Waals surface area contributed by atoms with Gasteiger partial charge >= 0.3 is 0 Å². The number of aryl methyl sites for hydroxylation is 1. The Morgan fingerprint density at radius 1 is 1.15 bits per heavy atom. The van der Waals surface area contributed by atoms with Gasteiger partial charge < -0.3 is 4.74 Å². The molecule has 0 radical (unpaired) electrons. The van der Waals surface area contributed by atoms with Crippen molar-refractivity contribution in [3.63, 3.8) is 0 Å². The van der Waals surface area contributed by atoms with Crippen LogP contribution in [-0.2, 0) is 13.2 Å². The van der Waals surface area contributed by atoms with Gasteiger partial charge in [0.2, 0.25) is 0 Å². The van der Waals surface area contributed by atoms with Gasteiger partial charge in [0.1, 0.15) is 6.61 Å². The summed E-state index contributed by atoms with van der Waals surface area (Å²) in [4.78, 5) is 4.58. The predicted molar refractivity (Wildman–Crippen MR) is 78.6 cm³/mol. The molecule has 2 heterocycles. The lowest BCUT2D eigenvalue weighted by Crippen LogP contribution is -1.98. The van der Waals surface area contributed by atoms with Crippen molar-refractivity contribution in [2.75, 3.05) is 0 Å². The summed E-state index contributed by atoms with van der Waals surface area (Å²) in [6, 6.07) is 12.2. The highest BCUT2D eigenvalue weighted by molar-refractivity contribution is 5.78. The minimum absolute atomic E-state index is 0.461. The van der Waals surface area contributed by atoms with Gasteiger partial charge in [0, 0.05) is 11.9 Å². The fourth-order valence-corrected chi connectivity index (χ4v) is 2.12. The van der Waals surface area contributed by atoms with Crippen LogP contribution in [0.1, 0.15) is 19.0 Å². The maximum Gasteiger partial charge on any atom is 0.157 e. The summed E-state index contributed by atoms with van der Waals surface area (Å²) in [5.41, 5.74) is 1.92. The van der Waals surface area contributed by atoms with Crippen LogP contribution in [-0.4, -0.2) is 14.8 Å². The van der Waals surface area contributed by atoms with Crippen LogP contribution in [0.25, 0.3) is 10.9 Å². The Labute approximate surface area is 118 Å². The lowest BCUT2D eigenvalue weighted by molar-refractivity contribution is 0.301. The van der Waals surface area contributed by atoms with Crippen molar-refractivity contribution in [1.82, 2.24) is 14.8 Å². The number of hydrogen-bond donors (Lipinski definition) is 0. The predicted octanol–water partition coefficient (Wildman–Crippen LogP) is 3.42. The minimum Gasteiger partial charge on any atom is -0.484 e. The third-order valence-corrected chi connectivity index (χ3v) is 3.11. The maximum absolute atomic E-state index is 5.72. The quantitative estimate of drug-likeness (QED) is 0.711. The highest BCUT2D eigenvalue weighted by atomic mass is 16.5. The number of benzene rings is 1. The molecular formula is C16H17N3O. The molecule has 0 saturated carbocycles. The molecule has 0 bridgehead atoms. The topological polar surface area (TPSA) is 39.9 Å². The number of para-hydroxylation sites is 1. The molecule has 102 valence electrons. The van der Waals surface area contributed by atoms with Gasteiger partial charge in [-0.05, 0) is 18.6 Å². The summed E-state index contributed by atoms with van der Waals surface area (Å²) < 4.78 is 7.61. The third-order valence-electron chi connectivity index (χ3n) is 3.11. The van der Waals surface area contributed by atoms with E-state index >= 15 is 0 Å². The number of nitrogens with zero attached hydrogens (tertiary/aromatic N) is 3. The number of aromatic nitrogens is 3. The van der Waals surface area contributed by atoms with Gasteiger partial charge in [-0.2, -0.15) is 5.10 Å². The first-order valence-corrected chi connectivity index (χ1v) is 6.85. The van der Waals surface area contributed by atoms with Crippen LogP contribution >= 0.6 is 0 Å². The molecule has 0 saturated heterocycles. The first-order chi connectivity index (χ1) is 9.85. The normalized spacial score (nSPS) is 10.8. The second kappa shape index (κ2) is 5.74. The highest BCUT2D eigenvalue weighted by Gasteiger charge is 2.02. The molecule has 0 aliphatic carbocycles. The summed E-state index contributed by atoms with van der Waals surface area (Å²) in [7, 11) is 0. The van der Waals surface area contributed by atoms with E-state index in [9.17, 15) is 0 Å². The molecule has 0 atom stereocenters. The van der Waals surface area contributed by atoms with E-state index in [1.165, 1.54) is 0 Å². The number of ether oxygens (including phenoxy) is 1. The Hall–Kier alpha value is -2.36. The van der Waals surface area contributed by atoms with Crippen molar-refractivity contribution < 1.29 is 4.74 Å². The van der Waals surface area contributed by atoms with Crippen molar-refractivity contribution in [3.8, 4) is 5.75 Å². The molecular weight excluding hydrogens is 250 g/mol. The standard InChI is InChI=1S/C16H17N3O/c1-2-9-19-11-15(10-17-19)20-12-14-8-7-13-5-3-4-6-16(13)18-14/h3-8,10-11H,2,9,12H2,1H3. The molecule has 0 unspecified atom stereocenters. The summed E-state index contributed by atoms with van der Waals surface area (Å²) in [5.74, 6) is 0.786. The first-order valence-electron chi connectivity index (χ1n) is 6.85. The number of fused-ring (bicyclic) bond motifs is 1. The molecule has 0 amide bonds. The smallest absolute Gasteiger partial charge is 0.157 e. The summed E-state index contributed by atoms with van der Waals surface area (Å²) in [5, 5.41) is 5.38. The van der Waals surface area contributed by atoms with Gasteiger partial charge in [-0.1, -0.05) is 31.2 Å². The van der Waals surface area contributed by atoms with Crippen molar-refractivity contribution in [1.29, 1.82) is 0 Å². The molecule has 0 N–H and O–H groups in total. The molecule has 1 aromatic carbocycles. The Morgan fingerprint density at radius 2 is 2.05 bits per heavy atom. The Bertz CT molecular complexity index is 706. The van der Waals surface area contributed by atoms with E-state index in [0.29, 0.717) is 6.61 Å². The van der Waals surface area contributed by atoms with Crippen molar-refractivity contribution in [2.24, 2.45) is 0 Å². The van der Waals surface area contributed by atoms with Crippen LogP contribution < -0.4 is 4.74 Å². The van der Waals surface area contributed by atoms with E-state index in [1.807, 2.05) is 35.1 Å². The fourth-order valence-electron chi connectivity index (χ4n) is 2.12. The van der Waals surface area contributed by atoms with Crippen LogP contribution in [0.15, 0.2) is 48.8 Å². The zero-order valence-electron chi connectivity index (χ0n) is 11.5. The van der Waals surface area contributed by atoms with Crippen molar-refractivity contribution in [2.45, 2.75) is 26.5 Å².